The highest BCUT2D eigenvalue weighted by atomic mass is 32.1. The average molecular weight is 361 g/mol. The van der Waals surface area contributed by atoms with Crippen LogP contribution >= 0.6 is 11.3 Å². The Balaban J connectivity index is 1.93. The lowest BCUT2D eigenvalue weighted by molar-refractivity contribution is 0.306. The van der Waals surface area contributed by atoms with Crippen LogP contribution in [0.5, 0.6) is 5.75 Å². The van der Waals surface area contributed by atoms with Crippen molar-refractivity contribution in [3.8, 4) is 11.8 Å². The number of aliphatic hydroxyl groups excluding tert-OH is 1. The first-order chi connectivity index (χ1) is 12.7. The molecule has 3 nitrogen and oxygen atoms in total. The summed E-state index contributed by atoms with van der Waals surface area (Å²) < 4.78 is 5.84. The highest BCUT2D eigenvalue weighted by molar-refractivity contribution is 7.07. The molecule has 0 spiro atoms. The highest BCUT2D eigenvalue weighted by Crippen LogP contribution is 2.26. The van der Waals surface area contributed by atoms with Crippen LogP contribution in [0.25, 0.3) is 11.6 Å². The summed E-state index contributed by atoms with van der Waals surface area (Å²) in [7, 11) is 0. The number of aliphatic hydroxyl groups is 1. The van der Waals surface area contributed by atoms with Crippen LogP contribution in [0.2, 0.25) is 0 Å². The zero-order valence-corrected chi connectivity index (χ0v) is 15.3. The van der Waals surface area contributed by atoms with E-state index in [1.165, 1.54) is 0 Å². The summed E-state index contributed by atoms with van der Waals surface area (Å²) in [4.78, 5) is 0. The minimum atomic E-state index is -0.101. The number of thiophene rings is 1. The Morgan fingerprint density at radius 3 is 2.77 bits per heavy atom. The predicted molar refractivity (Wildman–Crippen MR) is 106 cm³/mol. The fourth-order valence-electron chi connectivity index (χ4n) is 2.72. The van der Waals surface area contributed by atoms with E-state index in [1.54, 1.807) is 23.5 Å². The molecule has 4 heteroatoms. The van der Waals surface area contributed by atoms with Gasteiger partial charge in [-0.2, -0.15) is 16.6 Å². The van der Waals surface area contributed by atoms with Gasteiger partial charge in [-0.3, -0.25) is 0 Å². The molecule has 26 heavy (non-hydrogen) atoms. The molecule has 0 saturated heterocycles. The Bertz CT molecular complexity index is 953. The zero-order valence-electron chi connectivity index (χ0n) is 14.5. The maximum absolute atomic E-state index is 9.85. The third-order valence-corrected chi connectivity index (χ3v) is 4.85. The van der Waals surface area contributed by atoms with Crippen LogP contribution in [0.1, 0.15) is 27.8 Å². The molecule has 0 saturated carbocycles. The van der Waals surface area contributed by atoms with Gasteiger partial charge in [0.2, 0.25) is 0 Å². The van der Waals surface area contributed by atoms with E-state index < -0.39 is 0 Å². The van der Waals surface area contributed by atoms with E-state index in [1.807, 2.05) is 60.2 Å². The lowest BCUT2D eigenvalue weighted by Gasteiger charge is -2.11. The van der Waals surface area contributed by atoms with Gasteiger partial charge in [-0.05, 0) is 75.9 Å². The van der Waals surface area contributed by atoms with Crippen LogP contribution in [-0.4, -0.2) is 11.7 Å². The molecule has 0 radical (unpaired) electrons. The van der Waals surface area contributed by atoms with Crippen molar-refractivity contribution in [3.05, 3.63) is 87.1 Å². The molecular formula is C22H19NO2S. The maximum Gasteiger partial charge on any atom is 0.120 e. The van der Waals surface area contributed by atoms with E-state index in [2.05, 4.69) is 6.07 Å². The summed E-state index contributed by atoms with van der Waals surface area (Å²) >= 11 is 1.63. The first-order valence-electron chi connectivity index (χ1n) is 8.26. The van der Waals surface area contributed by atoms with Gasteiger partial charge in [-0.25, -0.2) is 0 Å². The second-order valence-corrected chi connectivity index (χ2v) is 6.70. The standard InChI is InChI=1S/C22H19NO2S/c1-16-4-2-3-5-22(16)20(13-24)10-19-11-21(7-6-18(19)12-23)25-14-17-8-9-26-15-17/h2-11,15,24H,13-14H2,1H3/b20-10-. The molecule has 0 bridgehead atoms. The molecular weight excluding hydrogens is 342 g/mol. The van der Waals surface area contributed by atoms with Gasteiger partial charge in [0, 0.05) is 0 Å². The highest BCUT2D eigenvalue weighted by Gasteiger charge is 2.08. The Labute approximate surface area is 157 Å². The number of aryl methyl sites for hydroxylation is 1. The van der Waals surface area contributed by atoms with Crippen LogP contribution in [0, 0.1) is 18.3 Å². The summed E-state index contributed by atoms with van der Waals surface area (Å²) in [5.74, 6) is 0.698. The fourth-order valence-corrected chi connectivity index (χ4v) is 3.38. The number of rotatable bonds is 6. The molecule has 0 aliphatic carbocycles. The van der Waals surface area contributed by atoms with Crippen LogP contribution in [0.3, 0.4) is 0 Å². The molecule has 0 fully saturated rings. The van der Waals surface area contributed by atoms with E-state index in [-0.39, 0.29) is 6.61 Å². The molecule has 0 amide bonds. The van der Waals surface area contributed by atoms with Gasteiger partial charge in [0.1, 0.15) is 12.4 Å². The SMILES string of the molecule is Cc1ccccc1/C(=C\c1cc(OCc2ccsc2)ccc1C#N)CO. The number of benzene rings is 2. The normalized spacial score (nSPS) is 11.2. The van der Waals surface area contributed by atoms with E-state index in [9.17, 15) is 10.4 Å². The molecule has 0 aliphatic heterocycles. The van der Waals surface area contributed by atoms with Gasteiger partial charge in [0.05, 0.1) is 18.2 Å². The van der Waals surface area contributed by atoms with Crippen molar-refractivity contribution in [2.75, 3.05) is 6.61 Å². The molecule has 0 atom stereocenters. The number of nitrogens with zero attached hydrogens (tertiary/aromatic N) is 1. The number of nitriles is 1. The van der Waals surface area contributed by atoms with Crippen molar-refractivity contribution in [3.63, 3.8) is 0 Å². The lowest BCUT2D eigenvalue weighted by Crippen LogP contribution is -1.97. The molecule has 0 aliphatic rings. The molecule has 1 N–H and O–H groups in total. The minimum Gasteiger partial charge on any atom is -0.489 e. The smallest absolute Gasteiger partial charge is 0.120 e. The topological polar surface area (TPSA) is 53.2 Å². The fraction of sp³-hybridized carbons (Fsp3) is 0.136. The van der Waals surface area contributed by atoms with E-state index in [0.717, 1.165) is 27.8 Å². The molecule has 1 heterocycles. The van der Waals surface area contributed by atoms with Gasteiger partial charge in [-0.1, -0.05) is 24.3 Å². The number of hydrogen-bond donors (Lipinski definition) is 1. The number of ether oxygens (including phenoxy) is 1. The Morgan fingerprint density at radius 2 is 2.08 bits per heavy atom. The van der Waals surface area contributed by atoms with Crippen LogP contribution < -0.4 is 4.74 Å². The Kier molecular flexibility index (Phi) is 5.85. The summed E-state index contributed by atoms with van der Waals surface area (Å²) in [6.07, 6.45) is 1.86. The van der Waals surface area contributed by atoms with Gasteiger partial charge < -0.3 is 9.84 Å². The summed E-state index contributed by atoms with van der Waals surface area (Å²) in [6, 6.07) is 17.5. The van der Waals surface area contributed by atoms with Crippen LogP contribution in [-0.2, 0) is 6.61 Å². The summed E-state index contributed by atoms with van der Waals surface area (Å²) in [5.41, 5.74) is 5.23. The zero-order chi connectivity index (χ0) is 18.4. The van der Waals surface area contributed by atoms with E-state index in [0.29, 0.717) is 17.9 Å². The lowest BCUT2D eigenvalue weighted by atomic mass is 9.97. The van der Waals surface area contributed by atoms with Crippen LogP contribution in [0.4, 0.5) is 0 Å². The molecule has 0 unspecified atom stereocenters. The number of hydrogen-bond acceptors (Lipinski definition) is 4. The first kappa shape index (κ1) is 17.9. The Morgan fingerprint density at radius 1 is 1.23 bits per heavy atom. The van der Waals surface area contributed by atoms with Crippen molar-refractivity contribution >= 4 is 23.0 Å². The van der Waals surface area contributed by atoms with Crippen molar-refractivity contribution in [1.82, 2.24) is 0 Å². The molecule has 3 rings (SSSR count). The third kappa shape index (κ3) is 4.20. The minimum absolute atomic E-state index is 0.101. The van der Waals surface area contributed by atoms with Gasteiger partial charge >= 0.3 is 0 Å². The van der Waals surface area contributed by atoms with Gasteiger partial charge in [-0.15, -0.1) is 0 Å². The van der Waals surface area contributed by atoms with Crippen LogP contribution in [0.15, 0.2) is 59.3 Å². The molecule has 3 aromatic rings. The van der Waals surface area contributed by atoms with Crippen molar-refractivity contribution in [2.45, 2.75) is 13.5 Å². The second-order valence-electron chi connectivity index (χ2n) is 5.92. The van der Waals surface area contributed by atoms with E-state index >= 15 is 0 Å². The molecule has 130 valence electrons. The third-order valence-electron chi connectivity index (χ3n) is 4.12. The van der Waals surface area contributed by atoms with Gasteiger partial charge in [0.25, 0.3) is 0 Å². The van der Waals surface area contributed by atoms with Crippen molar-refractivity contribution in [1.29, 1.82) is 5.26 Å². The summed E-state index contributed by atoms with van der Waals surface area (Å²) in [6.45, 7) is 2.39. The van der Waals surface area contributed by atoms with Crippen molar-refractivity contribution < 1.29 is 9.84 Å². The van der Waals surface area contributed by atoms with Gasteiger partial charge in [0.15, 0.2) is 0 Å². The monoisotopic (exact) mass is 361 g/mol. The second kappa shape index (κ2) is 8.48. The predicted octanol–water partition coefficient (Wildman–Crippen LogP) is 5.04. The Hall–Kier alpha value is -2.87. The van der Waals surface area contributed by atoms with Crippen molar-refractivity contribution in [2.24, 2.45) is 0 Å². The summed E-state index contributed by atoms with van der Waals surface area (Å²) in [5, 5.41) is 23.3. The molecule has 2 aromatic carbocycles. The van der Waals surface area contributed by atoms with E-state index in [4.69, 9.17) is 4.74 Å². The average Bonchev–Trinajstić information content (AvgIpc) is 3.19. The quantitative estimate of drug-likeness (QED) is 0.626. The molecule has 1 aromatic heterocycles. The largest absolute Gasteiger partial charge is 0.489 e. The maximum atomic E-state index is 9.85. The first-order valence-corrected chi connectivity index (χ1v) is 9.21.